The third kappa shape index (κ3) is 3.05. The summed E-state index contributed by atoms with van der Waals surface area (Å²) in [6, 6.07) is 5.90. The van der Waals surface area contributed by atoms with E-state index in [4.69, 9.17) is 9.47 Å². The van der Waals surface area contributed by atoms with E-state index in [2.05, 4.69) is 12.2 Å². The Labute approximate surface area is 136 Å². The van der Waals surface area contributed by atoms with E-state index in [1.807, 2.05) is 29.2 Å². The van der Waals surface area contributed by atoms with Gasteiger partial charge in [0, 0.05) is 31.2 Å². The van der Waals surface area contributed by atoms with E-state index in [1.54, 1.807) is 7.11 Å². The van der Waals surface area contributed by atoms with E-state index < -0.39 is 0 Å². The van der Waals surface area contributed by atoms with Crippen LogP contribution in [-0.4, -0.2) is 50.2 Å². The number of rotatable bonds is 2. The Hall–Kier alpha value is -1.72. The zero-order valence-electron chi connectivity index (χ0n) is 12.8. The molecule has 0 bridgehead atoms. The van der Waals surface area contributed by atoms with Gasteiger partial charge in [-0.25, -0.2) is 0 Å². The molecule has 0 spiro atoms. The third-order valence-electron chi connectivity index (χ3n) is 3.97. The number of piperazine rings is 1. The van der Waals surface area contributed by atoms with Crippen LogP contribution in [0.25, 0.3) is 6.08 Å². The van der Waals surface area contributed by atoms with Crippen molar-refractivity contribution < 1.29 is 14.3 Å². The van der Waals surface area contributed by atoms with Gasteiger partial charge in [0.15, 0.2) is 11.5 Å². The summed E-state index contributed by atoms with van der Waals surface area (Å²) in [7, 11) is 1.62. The van der Waals surface area contributed by atoms with Crippen LogP contribution >= 0.6 is 12.4 Å². The molecule has 3 rings (SSSR count). The molecule has 2 aliphatic heterocycles. The van der Waals surface area contributed by atoms with Crippen LogP contribution in [0, 0.1) is 0 Å². The summed E-state index contributed by atoms with van der Waals surface area (Å²) in [5.41, 5.74) is 1.59. The molecule has 0 radical (unpaired) electrons. The van der Waals surface area contributed by atoms with Crippen molar-refractivity contribution in [2.45, 2.75) is 13.0 Å². The number of ether oxygens (including phenoxy) is 2. The fraction of sp³-hybridized carbons (Fsp3) is 0.438. The van der Waals surface area contributed by atoms with Gasteiger partial charge in [0.2, 0.25) is 0 Å². The molecule has 1 amide bonds. The molecule has 2 aliphatic rings. The molecule has 5 nitrogen and oxygen atoms in total. The van der Waals surface area contributed by atoms with Gasteiger partial charge >= 0.3 is 0 Å². The first kappa shape index (κ1) is 16.6. The predicted molar refractivity (Wildman–Crippen MR) is 87.8 cm³/mol. The monoisotopic (exact) mass is 324 g/mol. The number of halogens is 1. The van der Waals surface area contributed by atoms with Crippen LogP contribution in [0.5, 0.6) is 11.5 Å². The molecule has 1 aromatic carbocycles. The SMILES string of the molecule is COc1cccc2c1OCC(C(=O)N1CCNC[C@@H]1C)=C2.Cl. The van der Waals surface area contributed by atoms with Crippen LogP contribution in [-0.2, 0) is 4.79 Å². The van der Waals surface area contributed by atoms with E-state index in [0.717, 1.165) is 25.2 Å². The molecule has 0 aromatic heterocycles. The molecule has 0 unspecified atom stereocenters. The maximum atomic E-state index is 12.6. The van der Waals surface area contributed by atoms with Crippen molar-refractivity contribution in [2.24, 2.45) is 0 Å². The number of para-hydroxylation sites is 1. The lowest BCUT2D eigenvalue weighted by Gasteiger charge is -2.35. The average Bonchev–Trinajstić information content (AvgIpc) is 2.53. The van der Waals surface area contributed by atoms with Gasteiger partial charge in [0.05, 0.1) is 12.7 Å². The zero-order valence-corrected chi connectivity index (χ0v) is 13.6. The second kappa shape index (κ2) is 7.03. The standard InChI is InChI=1S/C16H20N2O3.ClH/c1-11-9-17-6-7-18(11)16(19)13-8-12-4-3-5-14(20-2)15(12)21-10-13;/h3-5,8,11,17H,6-7,9-10H2,1-2H3;1H/t11-;/m0./s1. The number of methoxy groups -OCH3 is 1. The Balaban J connectivity index is 0.00000176. The lowest BCUT2D eigenvalue weighted by atomic mass is 10.0. The molecule has 1 atom stereocenters. The van der Waals surface area contributed by atoms with Crippen LogP contribution in [0.2, 0.25) is 0 Å². The Bertz CT molecular complexity index is 589. The van der Waals surface area contributed by atoms with Crippen molar-refractivity contribution in [3.05, 3.63) is 29.3 Å². The summed E-state index contributed by atoms with van der Waals surface area (Å²) in [6.07, 6.45) is 1.92. The summed E-state index contributed by atoms with van der Waals surface area (Å²) in [5, 5.41) is 3.29. The lowest BCUT2D eigenvalue weighted by molar-refractivity contribution is -0.130. The topological polar surface area (TPSA) is 50.8 Å². The molecule has 0 saturated carbocycles. The number of carbonyl (C=O) groups is 1. The summed E-state index contributed by atoms with van der Waals surface area (Å²) in [4.78, 5) is 14.6. The van der Waals surface area contributed by atoms with Crippen LogP contribution in [0.4, 0.5) is 0 Å². The van der Waals surface area contributed by atoms with Crippen LogP contribution < -0.4 is 14.8 Å². The molecular weight excluding hydrogens is 304 g/mol. The number of nitrogens with zero attached hydrogens (tertiary/aromatic N) is 1. The van der Waals surface area contributed by atoms with Gasteiger partial charge < -0.3 is 19.7 Å². The highest BCUT2D eigenvalue weighted by Crippen LogP contribution is 2.35. The first-order valence-electron chi connectivity index (χ1n) is 7.22. The molecule has 1 aromatic rings. The fourth-order valence-electron chi connectivity index (χ4n) is 2.79. The highest BCUT2D eigenvalue weighted by molar-refractivity contribution is 5.99. The summed E-state index contributed by atoms with van der Waals surface area (Å²) < 4.78 is 11.0. The van der Waals surface area contributed by atoms with E-state index in [1.165, 1.54) is 0 Å². The van der Waals surface area contributed by atoms with E-state index in [0.29, 0.717) is 23.7 Å². The summed E-state index contributed by atoms with van der Waals surface area (Å²) >= 11 is 0. The molecule has 120 valence electrons. The van der Waals surface area contributed by atoms with Crippen molar-refractivity contribution in [3.8, 4) is 11.5 Å². The number of fused-ring (bicyclic) bond motifs is 1. The molecule has 0 aliphatic carbocycles. The van der Waals surface area contributed by atoms with Gasteiger partial charge in [-0.2, -0.15) is 0 Å². The molecule has 22 heavy (non-hydrogen) atoms. The molecule has 2 heterocycles. The maximum absolute atomic E-state index is 12.6. The number of nitrogens with one attached hydrogen (secondary N) is 1. The van der Waals surface area contributed by atoms with E-state index in [9.17, 15) is 4.79 Å². The van der Waals surface area contributed by atoms with E-state index in [-0.39, 0.29) is 24.4 Å². The second-order valence-electron chi connectivity index (χ2n) is 5.39. The second-order valence-corrected chi connectivity index (χ2v) is 5.39. The minimum absolute atomic E-state index is 0. The van der Waals surface area contributed by atoms with Gasteiger partial charge in [0.25, 0.3) is 5.91 Å². The van der Waals surface area contributed by atoms with Gasteiger partial charge in [0.1, 0.15) is 6.61 Å². The largest absolute Gasteiger partial charge is 0.493 e. The highest BCUT2D eigenvalue weighted by atomic mass is 35.5. The van der Waals surface area contributed by atoms with Crippen molar-refractivity contribution in [1.82, 2.24) is 10.2 Å². The molecule has 6 heteroatoms. The summed E-state index contributed by atoms with van der Waals surface area (Å²) in [5.74, 6) is 1.48. The molecule has 1 fully saturated rings. The first-order valence-corrected chi connectivity index (χ1v) is 7.22. The summed E-state index contributed by atoms with van der Waals surface area (Å²) in [6.45, 7) is 4.77. The Morgan fingerprint density at radius 2 is 2.27 bits per heavy atom. The maximum Gasteiger partial charge on any atom is 0.253 e. The minimum Gasteiger partial charge on any atom is -0.493 e. The average molecular weight is 325 g/mol. The first-order chi connectivity index (χ1) is 10.2. The van der Waals surface area contributed by atoms with Gasteiger partial charge in [-0.3, -0.25) is 4.79 Å². The fourth-order valence-corrected chi connectivity index (χ4v) is 2.79. The Morgan fingerprint density at radius 3 is 3.00 bits per heavy atom. The molecule has 1 saturated heterocycles. The predicted octanol–water partition coefficient (Wildman–Crippen LogP) is 1.71. The molecule has 1 N–H and O–H groups in total. The van der Waals surface area contributed by atoms with Crippen molar-refractivity contribution in [1.29, 1.82) is 0 Å². The van der Waals surface area contributed by atoms with E-state index >= 15 is 0 Å². The number of hydrogen-bond acceptors (Lipinski definition) is 4. The van der Waals surface area contributed by atoms with Gasteiger partial charge in [-0.1, -0.05) is 12.1 Å². The quantitative estimate of drug-likeness (QED) is 0.900. The lowest BCUT2D eigenvalue weighted by Crippen LogP contribution is -2.53. The Kier molecular flexibility index (Phi) is 5.32. The minimum atomic E-state index is 0. The van der Waals surface area contributed by atoms with Crippen LogP contribution in [0.15, 0.2) is 23.8 Å². The number of carbonyl (C=O) groups excluding carboxylic acids is 1. The van der Waals surface area contributed by atoms with Crippen LogP contribution in [0.3, 0.4) is 0 Å². The number of amides is 1. The Morgan fingerprint density at radius 1 is 1.45 bits per heavy atom. The van der Waals surface area contributed by atoms with Crippen molar-refractivity contribution in [3.63, 3.8) is 0 Å². The highest BCUT2D eigenvalue weighted by Gasteiger charge is 2.28. The van der Waals surface area contributed by atoms with Crippen molar-refractivity contribution >= 4 is 24.4 Å². The van der Waals surface area contributed by atoms with Gasteiger partial charge in [-0.05, 0) is 19.1 Å². The number of benzene rings is 1. The van der Waals surface area contributed by atoms with Crippen molar-refractivity contribution in [2.75, 3.05) is 33.4 Å². The van der Waals surface area contributed by atoms with Crippen LogP contribution in [0.1, 0.15) is 12.5 Å². The normalized spacial score (nSPS) is 20.2. The molecular formula is C16H21ClN2O3. The van der Waals surface area contributed by atoms with Gasteiger partial charge in [-0.15, -0.1) is 12.4 Å². The zero-order chi connectivity index (χ0) is 14.8. The number of hydrogen-bond donors (Lipinski definition) is 1. The smallest absolute Gasteiger partial charge is 0.253 e. The third-order valence-corrected chi connectivity index (χ3v) is 3.97.